The summed E-state index contributed by atoms with van der Waals surface area (Å²) in [5, 5.41) is 6.10. The topological polar surface area (TPSA) is 69.6 Å². The molecule has 8 heteroatoms. The largest absolute Gasteiger partial charge is 0.354 e. The number of nitrogens with one attached hydrogen (secondary N) is 2. The lowest BCUT2D eigenvalue weighted by Crippen LogP contribution is -2.42. The van der Waals surface area contributed by atoms with E-state index < -0.39 is 0 Å². The minimum atomic E-state index is -0.131. The zero-order valence-corrected chi connectivity index (χ0v) is 18.7. The molecule has 0 spiro atoms. The summed E-state index contributed by atoms with van der Waals surface area (Å²) in [6.45, 7) is 1.83. The van der Waals surface area contributed by atoms with Crippen molar-refractivity contribution in [1.82, 2.24) is 20.5 Å². The van der Waals surface area contributed by atoms with Crippen molar-refractivity contribution in [3.63, 3.8) is 0 Å². The minimum Gasteiger partial charge on any atom is -0.354 e. The van der Waals surface area contributed by atoms with Gasteiger partial charge in [-0.1, -0.05) is 28.1 Å². The number of rotatable bonds is 6. The monoisotopic (exact) mass is 531 g/mol. The van der Waals surface area contributed by atoms with Gasteiger partial charge in [0.15, 0.2) is 5.96 Å². The van der Waals surface area contributed by atoms with Gasteiger partial charge >= 0.3 is 0 Å². The summed E-state index contributed by atoms with van der Waals surface area (Å²) in [5.74, 6) is 0.645. The third kappa shape index (κ3) is 7.28. The van der Waals surface area contributed by atoms with E-state index >= 15 is 0 Å². The van der Waals surface area contributed by atoms with Crippen LogP contribution >= 0.6 is 39.9 Å². The number of carbonyl (C=O) groups is 1. The van der Waals surface area contributed by atoms with Crippen molar-refractivity contribution in [3.8, 4) is 0 Å². The van der Waals surface area contributed by atoms with Crippen LogP contribution in [0.15, 0.2) is 58.3 Å². The van der Waals surface area contributed by atoms with Gasteiger partial charge in [-0.3, -0.25) is 14.8 Å². The first-order chi connectivity index (χ1) is 12.1. The molecule has 0 atom stereocenters. The van der Waals surface area contributed by atoms with Crippen LogP contribution in [0, 0.1) is 0 Å². The van der Waals surface area contributed by atoms with Crippen LogP contribution in [0.25, 0.3) is 0 Å². The molecule has 6 nitrogen and oxygen atoms in total. The molecule has 1 heterocycles. The molecule has 0 aliphatic heterocycles. The summed E-state index contributed by atoms with van der Waals surface area (Å²) in [4.78, 5) is 22.2. The zero-order valence-electron chi connectivity index (χ0n) is 14.8. The standard InChI is InChI=1S/C18H22BrN5O.HI/c1-20-18(24(2)13-14-5-7-16(19)8-6-14)23-11-10-22-17(25)15-4-3-9-21-12-15;/h3-9,12H,10-11,13H2,1-2H3,(H,20,23)(H,22,25);1H. The molecule has 2 rings (SSSR count). The summed E-state index contributed by atoms with van der Waals surface area (Å²) in [5.41, 5.74) is 1.75. The zero-order chi connectivity index (χ0) is 18.1. The summed E-state index contributed by atoms with van der Waals surface area (Å²) >= 11 is 3.44. The van der Waals surface area contributed by atoms with E-state index in [0.717, 1.165) is 17.0 Å². The number of amides is 1. The SMILES string of the molecule is CN=C(NCCNC(=O)c1cccnc1)N(C)Cc1ccc(Br)cc1.I. The molecule has 0 unspecified atom stereocenters. The van der Waals surface area contributed by atoms with Gasteiger partial charge < -0.3 is 15.5 Å². The van der Waals surface area contributed by atoms with Crippen LogP contribution < -0.4 is 10.6 Å². The number of hydrogen-bond donors (Lipinski definition) is 2. The highest BCUT2D eigenvalue weighted by molar-refractivity contribution is 14.0. The fourth-order valence-electron chi connectivity index (χ4n) is 2.27. The van der Waals surface area contributed by atoms with E-state index in [1.54, 1.807) is 31.6 Å². The summed E-state index contributed by atoms with van der Waals surface area (Å²) in [7, 11) is 3.72. The van der Waals surface area contributed by atoms with Crippen LogP contribution in [0.2, 0.25) is 0 Å². The maximum Gasteiger partial charge on any atom is 0.252 e. The van der Waals surface area contributed by atoms with Gasteiger partial charge in [0, 0.05) is 50.6 Å². The van der Waals surface area contributed by atoms with E-state index in [2.05, 4.69) is 48.7 Å². The maximum atomic E-state index is 11.9. The number of pyridine rings is 1. The Bertz CT molecular complexity index is 709. The Labute approximate surface area is 179 Å². The first-order valence-electron chi connectivity index (χ1n) is 7.94. The van der Waals surface area contributed by atoms with Crippen LogP contribution in [0.1, 0.15) is 15.9 Å². The van der Waals surface area contributed by atoms with Gasteiger partial charge in [0.25, 0.3) is 5.91 Å². The first kappa shape index (κ1) is 22.4. The highest BCUT2D eigenvalue weighted by atomic mass is 127. The van der Waals surface area contributed by atoms with Gasteiger partial charge in [-0.25, -0.2) is 0 Å². The number of nitrogens with zero attached hydrogens (tertiary/aromatic N) is 3. The molecule has 1 aromatic carbocycles. The molecule has 1 aromatic heterocycles. The molecule has 2 N–H and O–H groups in total. The minimum absolute atomic E-state index is 0. The van der Waals surface area contributed by atoms with Crippen molar-refractivity contribution in [3.05, 3.63) is 64.4 Å². The van der Waals surface area contributed by atoms with Gasteiger partial charge in [-0.2, -0.15) is 0 Å². The second-order valence-electron chi connectivity index (χ2n) is 5.45. The Balaban J connectivity index is 0.00000338. The van der Waals surface area contributed by atoms with E-state index in [4.69, 9.17) is 0 Å². The number of aromatic nitrogens is 1. The van der Waals surface area contributed by atoms with E-state index in [-0.39, 0.29) is 29.9 Å². The van der Waals surface area contributed by atoms with E-state index in [0.29, 0.717) is 18.7 Å². The molecular formula is C18H23BrIN5O. The Morgan fingerprint density at radius 1 is 1.19 bits per heavy atom. The average Bonchev–Trinajstić information content (AvgIpc) is 2.64. The van der Waals surface area contributed by atoms with Crippen molar-refractivity contribution in [2.45, 2.75) is 6.54 Å². The lowest BCUT2D eigenvalue weighted by atomic mass is 10.2. The normalized spacial score (nSPS) is 10.7. The lowest BCUT2D eigenvalue weighted by molar-refractivity contribution is 0.0954. The molecule has 0 bridgehead atoms. The Kier molecular flexibility index (Phi) is 10.2. The van der Waals surface area contributed by atoms with Gasteiger partial charge in [0.1, 0.15) is 0 Å². The lowest BCUT2D eigenvalue weighted by Gasteiger charge is -2.22. The van der Waals surface area contributed by atoms with E-state index in [9.17, 15) is 4.79 Å². The number of aliphatic imine (C=N–C) groups is 1. The van der Waals surface area contributed by atoms with Crippen molar-refractivity contribution in [1.29, 1.82) is 0 Å². The molecule has 0 aliphatic carbocycles. The molecule has 26 heavy (non-hydrogen) atoms. The third-order valence-corrected chi connectivity index (χ3v) is 4.05. The fraction of sp³-hybridized carbons (Fsp3) is 0.278. The molecule has 0 aliphatic rings. The number of benzene rings is 1. The Morgan fingerprint density at radius 2 is 1.88 bits per heavy atom. The maximum absolute atomic E-state index is 11.9. The van der Waals surface area contributed by atoms with Crippen molar-refractivity contribution >= 4 is 51.8 Å². The number of carbonyl (C=O) groups excluding carboxylic acids is 1. The van der Waals surface area contributed by atoms with Gasteiger partial charge in [0.05, 0.1) is 5.56 Å². The van der Waals surface area contributed by atoms with Crippen LogP contribution in [-0.2, 0) is 6.54 Å². The second kappa shape index (κ2) is 11.8. The third-order valence-electron chi connectivity index (χ3n) is 3.52. The Morgan fingerprint density at radius 3 is 2.50 bits per heavy atom. The molecule has 0 radical (unpaired) electrons. The quantitative estimate of drug-likeness (QED) is 0.260. The number of hydrogen-bond acceptors (Lipinski definition) is 3. The van der Waals surface area contributed by atoms with E-state index in [1.807, 2.05) is 24.1 Å². The highest BCUT2D eigenvalue weighted by Crippen LogP contribution is 2.11. The molecule has 1 amide bonds. The van der Waals surface area contributed by atoms with Gasteiger partial charge in [-0.15, -0.1) is 24.0 Å². The predicted octanol–water partition coefficient (Wildman–Crippen LogP) is 2.90. The van der Waals surface area contributed by atoms with Crippen LogP contribution in [-0.4, -0.2) is 48.9 Å². The fourth-order valence-corrected chi connectivity index (χ4v) is 2.54. The van der Waals surface area contributed by atoms with Crippen molar-refractivity contribution in [2.24, 2.45) is 4.99 Å². The Hall–Kier alpha value is -1.68. The van der Waals surface area contributed by atoms with Crippen LogP contribution in [0.3, 0.4) is 0 Å². The van der Waals surface area contributed by atoms with Crippen molar-refractivity contribution in [2.75, 3.05) is 27.2 Å². The molecule has 0 fully saturated rings. The smallest absolute Gasteiger partial charge is 0.252 e. The molecule has 0 saturated carbocycles. The number of guanidine groups is 1. The van der Waals surface area contributed by atoms with Gasteiger partial charge in [0.2, 0.25) is 0 Å². The highest BCUT2D eigenvalue weighted by Gasteiger charge is 2.07. The average molecular weight is 532 g/mol. The van der Waals surface area contributed by atoms with Crippen LogP contribution in [0.4, 0.5) is 0 Å². The summed E-state index contributed by atoms with van der Waals surface area (Å²) in [6, 6.07) is 11.7. The summed E-state index contributed by atoms with van der Waals surface area (Å²) < 4.78 is 1.06. The van der Waals surface area contributed by atoms with Crippen LogP contribution in [0.5, 0.6) is 0 Å². The molecule has 140 valence electrons. The first-order valence-corrected chi connectivity index (χ1v) is 8.74. The molecule has 0 saturated heterocycles. The van der Waals surface area contributed by atoms with Gasteiger partial charge in [-0.05, 0) is 29.8 Å². The number of halogens is 2. The summed E-state index contributed by atoms with van der Waals surface area (Å²) in [6.07, 6.45) is 3.19. The van der Waals surface area contributed by atoms with Crippen molar-refractivity contribution < 1.29 is 4.79 Å². The molecular weight excluding hydrogens is 509 g/mol. The second-order valence-corrected chi connectivity index (χ2v) is 6.37. The predicted molar refractivity (Wildman–Crippen MR) is 119 cm³/mol. The van der Waals surface area contributed by atoms with E-state index in [1.165, 1.54) is 5.56 Å². The molecule has 2 aromatic rings.